The summed E-state index contributed by atoms with van der Waals surface area (Å²) in [4.78, 5) is 19.1. The third-order valence-corrected chi connectivity index (χ3v) is 5.21. The van der Waals surface area contributed by atoms with E-state index in [4.69, 9.17) is 4.74 Å². The Hall–Kier alpha value is -1.79. The van der Waals surface area contributed by atoms with Crippen LogP contribution in [0.2, 0.25) is 0 Å². The number of rotatable bonds is 4. The predicted octanol–water partition coefficient (Wildman–Crippen LogP) is 0.917. The topological polar surface area (TPSA) is 48.1 Å². The summed E-state index contributed by atoms with van der Waals surface area (Å²) >= 11 is 0. The Morgan fingerprint density at radius 2 is 1.83 bits per heavy atom. The maximum absolute atomic E-state index is 12.4. The Balaban J connectivity index is 1.53. The second kappa shape index (κ2) is 6.99. The summed E-state index contributed by atoms with van der Waals surface area (Å²) < 4.78 is 5.64. The van der Waals surface area contributed by atoms with Gasteiger partial charge in [0.2, 0.25) is 0 Å². The van der Waals surface area contributed by atoms with Crippen molar-refractivity contribution in [3.05, 3.63) is 18.2 Å². The van der Waals surface area contributed by atoms with Gasteiger partial charge in [-0.15, -0.1) is 0 Å². The largest absolute Gasteiger partial charge is 0.482 e. The quantitative estimate of drug-likeness (QED) is 0.890. The van der Waals surface area contributed by atoms with E-state index in [1.165, 1.54) is 18.5 Å². The zero-order chi connectivity index (χ0) is 16.4. The first-order valence-corrected chi connectivity index (χ1v) is 9.06. The smallest absolute Gasteiger partial charge is 0.265 e. The average molecular weight is 330 g/mol. The molecule has 3 aliphatic rings. The third-order valence-electron chi connectivity index (χ3n) is 5.21. The van der Waals surface area contributed by atoms with Crippen LogP contribution in [0.4, 0.5) is 11.4 Å². The summed E-state index contributed by atoms with van der Waals surface area (Å²) in [5, 5.41) is 3.38. The van der Waals surface area contributed by atoms with Crippen LogP contribution >= 0.6 is 0 Å². The van der Waals surface area contributed by atoms with E-state index in [2.05, 4.69) is 27.2 Å². The molecule has 130 valence electrons. The minimum atomic E-state index is 0.0687. The fourth-order valence-electron chi connectivity index (χ4n) is 3.80. The highest BCUT2D eigenvalue weighted by Crippen LogP contribution is 2.35. The van der Waals surface area contributed by atoms with Crippen molar-refractivity contribution in [2.24, 2.45) is 0 Å². The number of likely N-dealkylation sites (tertiary alicyclic amines) is 1. The first kappa shape index (κ1) is 15.7. The number of hydrogen-bond donors (Lipinski definition) is 1. The van der Waals surface area contributed by atoms with Gasteiger partial charge in [0.05, 0.1) is 5.69 Å². The normalized spacial score (nSPS) is 21.8. The number of carbonyl (C=O) groups is 1. The first-order chi connectivity index (χ1) is 11.8. The van der Waals surface area contributed by atoms with Crippen LogP contribution in [0.15, 0.2) is 18.2 Å². The van der Waals surface area contributed by atoms with Gasteiger partial charge in [0.1, 0.15) is 5.75 Å². The molecule has 2 saturated heterocycles. The van der Waals surface area contributed by atoms with E-state index >= 15 is 0 Å². The van der Waals surface area contributed by atoms with Crippen molar-refractivity contribution in [3.63, 3.8) is 0 Å². The molecule has 1 N–H and O–H groups in total. The molecule has 3 heterocycles. The SMILES string of the molecule is O=C1COc2ccc(N3CCNCC3)cc2N1CCN1CCCC1. The lowest BCUT2D eigenvalue weighted by Crippen LogP contribution is -2.44. The van der Waals surface area contributed by atoms with Gasteiger partial charge >= 0.3 is 0 Å². The lowest BCUT2D eigenvalue weighted by atomic mass is 10.1. The van der Waals surface area contributed by atoms with Crippen LogP contribution in [0.5, 0.6) is 5.75 Å². The van der Waals surface area contributed by atoms with Crippen LogP contribution in [0.3, 0.4) is 0 Å². The van der Waals surface area contributed by atoms with Crippen molar-refractivity contribution < 1.29 is 9.53 Å². The number of carbonyl (C=O) groups excluding carboxylic acids is 1. The van der Waals surface area contributed by atoms with Gasteiger partial charge in [-0.3, -0.25) is 4.79 Å². The van der Waals surface area contributed by atoms with Crippen LogP contribution in [0.1, 0.15) is 12.8 Å². The molecular weight excluding hydrogens is 304 g/mol. The number of fused-ring (bicyclic) bond motifs is 1. The fourth-order valence-corrected chi connectivity index (χ4v) is 3.80. The second-order valence-electron chi connectivity index (χ2n) is 6.77. The molecule has 1 aromatic rings. The van der Waals surface area contributed by atoms with E-state index < -0.39 is 0 Å². The van der Waals surface area contributed by atoms with E-state index in [-0.39, 0.29) is 12.5 Å². The van der Waals surface area contributed by atoms with Crippen LogP contribution in [-0.2, 0) is 4.79 Å². The summed E-state index contributed by atoms with van der Waals surface area (Å²) in [6, 6.07) is 6.25. The van der Waals surface area contributed by atoms with Crippen LogP contribution in [0.25, 0.3) is 0 Å². The number of nitrogens with one attached hydrogen (secondary N) is 1. The van der Waals surface area contributed by atoms with Gasteiger partial charge in [-0.25, -0.2) is 0 Å². The number of piperazine rings is 1. The van der Waals surface area contributed by atoms with Crippen molar-refractivity contribution in [2.45, 2.75) is 12.8 Å². The molecule has 24 heavy (non-hydrogen) atoms. The van der Waals surface area contributed by atoms with Gasteiger partial charge in [0, 0.05) is 45.0 Å². The molecule has 0 bridgehead atoms. The Labute approximate surface area is 143 Å². The number of nitrogens with zero attached hydrogens (tertiary/aromatic N) is 3. The third kappa shape index (κ3) is 3.21. The van der Waals surface area contributed by atoms with Gasteiger partial charge < -0.3 is 24.8 Å². The summed E-state index contributed by atoms with van der Waals surface area (Å²) in [6.45, 7) is 8.18. The minimum absolute atomic E-state index is 0.0687. The van der Waals surface area contributed by atoms with E-state index in [9.17, 15) is 4.79 Å². The molecule has 6 nitrogen and oxygen atoms in total. The number of amides is 1. The first-order valence-electron chi connectivity index (χ1n) is 9.06. The molecule has 3 aliphatic heterocycles. The molecule has 0 spiro atoms. The minimum Gasteiger partial charge on any atom is -0.482 e. The van der Waals surface area contributed by atoms with E-state index in [1.54, 1.807) is 0 Å². The summed E-state index contributed by atoms with van der Waals surface area (Å²) in [5.41, 5.74) is 2.11. The number of anilines is 2. The van der Waals surface area contributed by atoms with Gasteiger partial charge in [0.15, 0.2) is 6.61 Å². The number of hydrogen-bond acceptors (Lipinski definition) is 5. The summed E-state index contributed by atoms with van der Waals surface area (Å²) in [6.07, 6.45) is 2.56. The van der Waals surface area contributed by atoms with Crippen LogP contribution in [0, 0.1) is 0 Å². The van der Waals surface area contributed by atoms with E-state index in [0.717, 1.165) is 63.8 Å². The van der Waals surface area contributed by atoms with Gasteiger partial charge in [0.25, 0.3) is 5.91 Å². The Kier molecular flexibility index (Phi) is 4.58. The zero-order valence-electron chi connectivity index (χ0n) is 14.2. The highest BCUT2D eigenvalue weighted by atomic mass is 16.5. The van der Waals surface area contributed by atoms with Crippen LogP contribution < -0.4 is 19.9 Å². The fraction of sp³-hybridized carbons (Fsp3) is 0.611. The van der Waals surface area contributed by atoms with E-state index in [1.807, 2.05) is 11.0 Å². The van der Waals surface area contributed by atoms with Crippen molar-refractivity contribution >= 4 is 17.3 Å². The molecule has 0 aromatic heterocycles. The lowest BCUT2D eigenvalue weighted by molar-refractivity contribution is -0.121. The van der Waals surface area contributed by atoms with Crippen LogP contribution in [-0.4, -0.2) is 69.8 Å². The van der Waals surface area contributed by atoms with Gasteiger partial charge in [-0.05, 0) is 44.1 Å². The Bertz CT molecular complexity index is 595. The molecule has 0 atom stereocenters. The maximum Gasteiger partial charge on any atom is 0.265 e. The monoisotopic (exact) mass is 330 g/mol. The molecule has 0 unspecified atom stereocenters. The van der Waals surface area contributed by atoms with Gasteiger partial charge in [-0.2, -0.15) is 0 Å². The van der Waals surface area contributed by atoms with Crippen molar-refractivity contribution in [1.29, 1.82) is 0 Å². The molecule has 1 aromatic carbocycles. The standard InChI is InChI=1S/C18H26N4O2/c23-18-14-24-17-4-3-15(21-9-5-19-6-10-21)13-16(17)22(18)12-11-20-7-1-2-8-20/h3-4,13,19H,1-2,5-12,14H2. The maximum atomic E-state index is 12.4. The van der Waals surface area contributed by atoms with Crippen molar-refractivity contribution in [1.82, 2.24) is 10.2 Å². The summed E-state index contributed by atoms with van der Waals surface area (Å²) in [5.74, 6) is 0.897. The number of benzene rings is 1. The molecule has 4 rings (SSSR count). The number of ether oxygens (including phenoxy) is 1. The predicted molar refractivity (Wildman–Crippen MR) is 95.0 cm³/mol. The van der Waals surface area contributed by atoms with E-state index in [0.29, 0.717) is 0 Å². The Morgan fingerprint density at radius 3 is 2.62 bits per heavy atom. The van der Waals surface area contributed by atoms with Crippen molar-refractivity contribution in [3.8, 4) is 5.75 Å². The molecule has 6 heteroatoms. The average Bonchev–Trinajstić information content (AvgIpc) is 3.15. The molecule has 0 aliphatic carbocycles. The molecule has 2 fully saturated rings. The second-order valence-corrected chi connectivity index (χ2v) is 6.77. The molecule has 0 saturated carbocycles. The zero-order valence-corrected chi connectivity index (χ0v) is 14.2. The highest BCUT2D eigenvalue weighted by molar-refractivity contribution is 5.98. The molecule has 0 radical (unpaired) electrons. The summed E-state index contributed by atoms with van der Waals surface area (Å²) in [7, 11) is 0. The Morgan fingerprint density at radius 1 is 1.04 bits per heavy atom. The molecule has 1 amide bonds. The lowest BCUT2D eigenvalue weighted by Gasteiger charge is -2.34. The highest BCUT2D eigenvalue weighted by Gasteiger charge is 2.27. The van der Waals surface area contributed by atoms with Crippen molar-refractivity contribution in [2.75, 3.05) is 68.8 Å². The molecular formula is C18H26N4O2. The van der Waals surface area contributed by atoms with Gasteiger partial charge in [-0.1, -0.05) is 0 Å².